The first-order valence-electron chi connectivity index (χ1n) is 15.3. The minimum Gasteiger partial charge on any atom is -0.496 e. The van der Waals surface area contributed by atoms with Gasteiger partial charge in [-0.25, -0.2) is 0 Å². The molecule has 4 amide bonds. The molecule has 2 aliphatic heterocycles. The van der Waals surface area contributed by atoms with E-state index in [-0.39, 0.29) is 53.1 Å². The molecule has 1 aromatic carbocycles. The van der Waals surface area contributed by atoms with Crippen molar-refractivity contribution in [2.24, 2.45) is 29.1 Å². The number of hydrogen-bond acceptors (Lipinski definition) is 6. The number of carbonyl (C=O) groups excluding carboxylic acids is 5. The summed E-state index contributed by atoms with van der Waals surface area (Å²) in [5, 5.41) is 9.29. The van der Waals surface area contributed by atoms with Crippen LogP contribution in [0.4, 0.5) is 0 Å². The maximum atomic E-state index is 14.2. The molecular weight excluding hydrogens is 586 g/mol. The number of ketones is 1. The van der Waals surface area contributed by atoms with Crippen LogP contribution in [0.1, 0.15) is 57.4 Å². The Morgan fingerprint density at radius 1 is 1.16 bits per heavy atom. The smallest absolute Gasteiger partial charge is 0.268 e. The standard InChI is InChI=1S/C32H42ClN5O6/c1-16(2)11-23(37-29(41)22-13-18-20(35-22)7-6-8-25(18)44-5)31(43)38-15-19-26(32(19,3)4)27(38)30(42)36-21(24(39)14-33)12-17-9-10-34-28(17)40/h6-8,13,16-17,19,21,23,26-27,35H,9-12,14-15H2,1-5H3,(H,34,40)(H,36,42)(H,37,41)/t17-,19-,21-,23-,26-,27-/m0/s1. The molecule has 0 spiro atoms. The van der Waals surface area contributed by atoms with Gasteiger partial charge >= 0.3 is 0 Å². The third kappa shape index (κ3) is 6.03. The molecule has 3 fully saturated rings. The third-order valence-corrected chi connectivity index (χ3v) is 9.94. The first-order chi connectivity index (χ1) is 20.9. The van der Waals surface area contributed by atoms with Crippen molar-refractivity contribution in [1.29, 1.82) is 0 Å². The lowest BCUT2D eigenvalue weighted by atomic mass is 9.94. The summed E-state index contributed by atoms with van der Waals surface area (Å²) in [5.74, 6) is -1.69. The van der Waals surface area contributed by atoms with Crippen LogP contribution in [0.2, 0.25) is 0 Å². The van der Waals surface area contributed by atoms with E-state index in [1.54, 1.807) is 18.1 Å². The van der Waals surface area contributed by atoms with E-state index in [4.69, 9.17) is 16.3 Å². The molecule has 3 aliphatic rings. The lowest BCUT2D eigenvalue weighted by Gasteiger charge is -2.34. The van der Waals surface area contributed by atoms with Gasteiger partial charge in [-0.2, -0.15) is 0 Å². The van der Waals surface area contributed by atoms with Gasteiger partial charge in [-0.05, 0) is 60.6 Å². The van der Waals surface area contributed by atoms with Crippen LogP contribution in [0, 0.1) is 29.1 Å². The molecule has 238 valence electrons. The number of rotatable bonds is 12. The summed E-state index contributed by atoms with van der Waals surface area (Å²) in [4.78, 5) is 71.2. The zero-order valence-corrected chi connectivity index (χ0v) is 26.6. The van der Waals surface area contributed by atoms with Crippen molar-refractivity contribution >= 4 is 51.9 Å². The highest BCUT2D eigenvalue weighted by molar-refractivity contribution is 6.28. The average Bonchev–Trinajstić information content (AvgIpc) is 3.50. The average molecular weight is 628 g/mol. The molecule has 1 aromatic heterocycles. The van der Waals surface area contributed by atoms with E-state index in [0.717, 1.165) is 10.9 Å². The second-order valence-electron chi connectivity index (χ2n) is 13.3. The van der Waals surface area contributed by atoms with Crippen LogP contribution >= 0.6 is 11.6 Å². The number of aromatic nitrogens is 1. The number of methoxy groups -OCH3 is 1. The maximum absolute atomic E-state index is 14.2. The number of halogens is 1. The fourth-order valence-electron chi connectivity index (χ4n) is 7.15. The van der Waals surface area contributed by atoms with E-state index in [1.807, 2.05) is 32.0 Å². The van der Waals surface area contributed by atoms with Crippen LogP contribution in [0.15, 0.2) is 24.3 Å². The SMILES string of the molecule is COc1cccc2[nH]c(C(=O)N[C@@H](CC(C)C)C(=O)N3C[C@H]4[C@@H]([C@H]3C(=O)N[C@@H](C[C@@H]3CCNC3=O)C(=O)CCl)C4(C)C)cc12. The van der Waals surface area contributed by atoms with Crippen molar-refractivity contribution in [2.75, 3.05) is 26.1 Å². The van der Waals surface area contributed by atoms with E-state index >= 15 is 0 Å². The van der Waals surface area contributed by atoms with Crippen LogP contribution in [-0.4, -0.2) is 83.5 Å². The largest absolute Gasteiger partial charge is 0.496 e. The summed E-state index contributed by atoms with van der Waals surface area (Å²) in [5.41, 5.74) is 0.871. The fourth-order valence-corrected chi connectivity index (χ4v) is 7.33. The van der Waals surface area contributed by atoms with Gasteiger partial charge < -0.3 is 30.6 Å². The van der Waals surface area contributed by atoms with Gasteiger partial charge in [-0.15, -0.1) is 11.6 Å². The van der Waals surface area contributed by atoms with E-state index in [2.05, 4.69) is 34.8 Å². The van der Waals surface area contributed by atoms with Crippen LogP contribution in [-0.2, 0) is 19.2 Å². The summed E-state index contributed by atoms with van der Waals surface area (Å²) in [6.07, 6.45) is 1.11. The number of nitrogens with one attached hydrogen (secondary N) is 4. The Hall–Kier alpha value is -3.60. The number of alkyl halides is 1. The van der Waals surface area contributed by atoms with Crippen LogP contribution in [0.5, 0.6) is 5.75 Å². The number of hydrogen-bond donors (Lipinski definition) is 4. The van der Waals surface area contributed by atoms with Gasteiger partial charge in [0.1, 0.15) is 23.5 Å². The molecule has 6 atom stereocenters. The van der Waals surface area contributed by atoms with Crippen LogP contribution < -0.4 is 20.7 Å². The minimum atomic E-state index is -0.933. The molecule has 2 aromatic rings. The molecule has 1 saturated carbocycles. The normalized spacial score (nSPS) is 24.9. The fraction of sp³-hybridized carbons (Fsp3) is 0.594. The minimum absolute atomic E-state index is 0.0798. The van der Waals surface area contributed by atoms with Gasteiger partial charge in [-0.1, -0.05) is 33.8 Å². The van der Waals surface area contributed by atoms with Crippen molar-refractivity contribution in [3.8, 4) is 5.75 Å². The molecule has 1 aliphatic carbocycles. The number of aromatic amines is 1. The highest BCUT2D eigenvalue weighted by Gasteiger charge is 2.69. The van der Waals surface area contributed by atoms with E-state index in [1.165, 1.54) is 0 Å². The first kappa shape index (κ1) is 31.8. The van der Waals surface area contributed by atoms with Crippen molar-refractivity contribution in [1.82, 2.24) is 25.8 Å². The number of nitrogens with zero attached hydrogens (tertiary/aromatic N) is 1. The lowest BCUT2D eigenvalue weighted by Crippen LogP contribution is -2.58. The van der Waals surface area contributed by atoms with Gasteiger partial charge in [-0.3, -0.25) is 24.0 Å². The van der Waals surface area contributed by atoms with Crippen LogP contribution in [0.3, 0.4) is 0 Å². The molecule has 4 N–H and O–H groups in total. The number of Topliss-reactive ketones (excluding diaryl/α,β-unsaturated/α-hetero) is 1. The molecule has 11 nitrogen and oxygen atoms in total. The Balaban J connectivity index is 1.36. The van der Waals surface area contributed by atoms with Gasteiger partial charge in [0.05, 0.1) is 19.0 Å². The number of piperidine rings is 1. The molecule has 5 rings (SSSR count). The Kier molecular flexibility index (Phi) is 8.98. The molecule has 3 heterocycles. The van der Waals surface area contributed by atoms with Gasteiger partial charge in [0.15, 0.2) is 5.78 Å². The highest BCUT2D eigenvalue weighted by atomic mass is 35.5. The predicted molar refractivity (Wildman–Crippen MR) is 165 cm³/mol. The molecule has 0 bridgehead atoms. The molecule has 0 unspecified atom stereocenters. The van der Waals surface area contributed by atoms with E-state index in [0.29, 0.717) is 37.4 Å². The third-order valence-electron chi connectivity index (χ3n) is 9.68. The summed E-state index contributed by atoms with van der Waals surface area (Å²) < 4.78 is 5.42. The molecular formula is C32H42ClN5O6. The summed E-state index contributed by atoms with van der Waals surface area (Å²) in [6, 6.07) is 4.56. The number of benzene rings is 1. The maximum Gasteiger partial charge on any atom is 0.268 e. The van der Waals surface area contributed by atoms with Crippen LogP contribution in [0.25, 0.3) is 10.9 Å². The van der Waals surface area contributed by atoms with E-state index < -0.39 is 35.9 Å². The molecule has 2 saturated heterocycles. The van der Waals surface area contributed by atoms with Gasteiger partial charge in [0, 0.05) is 29.9 Å². The second kappa shape index (κ2) is 12.4. The zero-order valence-electron chi connectivity index (χ0n) is 25.9. The summed E-state index contributed by atoms with van der Waals surface area (Å²) in [7, 11) is 1.56. The number of H-pyrrole nitrogens is 1. The van der Waals surface area contributed by atoms with Crippen molar-refractivity contribution in [2.45, 2.75) is 65.1 Å². The molecule has 44 heavy (non-hydrogen) atoms. The zero-order chi connectivity index (χ0) is 31.9. The number of fused-ring (bicyclic) bond motifs is 2. The monoisotopic (exact) mass is 627 g/mol. The van der Waals surface area contributed by atoms with Crippen molar-refractivity contribution in [3.05, 3.63) is 30.0 Å². The second-order valence-corrected chi connectivity index (χ2v) is 13.6. The Bertz CT molecular complexity index is 1470. The Morgan fingerprint density at radius 3 is 2.55 bits per heavy atom. The first-order valence-corrected chi connectivity index (χ1v) is 15.8. The Morgan fingerprint density at radius 2 is 1.91 bits per heavy atom. The topological polar surface area (TPSA) is 150 Å². The number of amides is 4. The van der Waals surface area contributed by atoms with Gasteiger partial charge in [0.2, 0.25) is 17.7 Å². The van der Waals surface area contributed by atoms with E-state index in [9.17, 15) is 24.0 Å². The van der Waals surface area contributed by atoms with Crippen molar-refractivity contribution < 1.29 is 28.7 Å². The Labute approximate surface area is 262 Å². The molecule has 12 heteroatoms. The quantitative estimate of drug-likeness (QED) is 0.266. The highest BCUT2D eigenvalue weighted by Crippen LogP contribution is 2.65. The predicted octanol–water partition coefficient (Wildman–Crippen LogP) is 2.62. The molecule has 0 radical (unpaired) electrons. The van der Waals surface area contributed by atoms with Gasteiger partial charge in [0.25, 0.3) is 5.91 Å². The number of ether oxygens (including phenoxy) is 1. The number of likely N-dealkylation sites (tertiary alicyclic amines) is 1. The summed E-state index contributed by atoms with van der Waals surface area (Å²) in [6.45, 7) is 8.99. The lowest BCUT2D eigenvalue weighted by molar-refractivity contribution is -0.142. The number of carbonyl (C=O) groups is 5. The summed E-state index contributed by atoms with van der Waals surface area (Å²) >= 11 is 5.89. The van der Waals surface area contributed by atoms with Crippen molar-refractivity contribution in [3.63, 3.8) is 0 Å².